The molecule has 1 saturated carbocycles. The average molecular weight is 247 g/mol. The first-order valence-corrected chi connectivity index (χ1v) is 5.42. The first-order chi connectivity index (χ1) is 7.68. The summed E-state index contributed by atoms with van der Waals surface area (Å²) in [5.74, 6) is -0.641. The van der Waals surface area contributed by atoms with E-state index in [2.05, 4.69) is 10.1 Å². The Hall–Kier alpha value is -1.33. The molecule has 1 fully saturated rings. The molecule has 17 heavy (non-hydrogen) atoms. The van der Waals surface area contributed by atoms with Gasteiger partial charge in [0.2, 0.25) is 0 Å². The van der Waals surface area contributed by atoms with Gasteiger partial charge < -0.3 is 14.8 Å². The molecule has 0 saturated heterocycles. The molecule has 5 nitrogen and oxygen atoms in total. The van der Waals surface area contributed by atoms with Crippen LogP contribution >= 0.6 is 0 Å². The minimum absolute atomic E-state index is 0.0705. The summed E-state index contributed by atoms with van der Waals surface area (Å²) in [6.45, 7) is 5.11. The average Bonchev–Trinajstić information content (AvgIpc) is 2.10. The second-order valence-electron chi connectivity index (χ2n) is 5.21. The highest BCUT2D eigenvalue weighted by Crippen LogP contribution is 2.36. The molecule has 1 aliphatic rings. The predicted molar refractivity (Wildman–Crippen MR) is 58.2 cm³/mol. The summed E-state index contributed by atoms with van der Waals surface area (Å²) < 4.78 is 22.5. The molecule has 0 aliphatic heterocycles. The third-order valence-electron chi connectivity index (χ3n) is 2.46. The van der Waals surface area contributed by atoms with Crippen molar-refractivity contribution in [3.05, 3.63) is 0 Å². The number of methoxy groups -OCH3 is 1. The van der Waals surface area contributed by atoms with Crippen LogP contribution in [0.25, 0.3) is 0 Å². The van der Waals surface area contributed by atoms with Crippen LogP contribution in [0.3, 0.4) is 0 Å². The summed E-state index contributed by atoms with van der Waals surface area (Å²) in [7, 11) is 1.20. The fourth-order valence-electron chi connectivity index (χ4n) is 1.71. The first kappa shape index (κ1) is 13.7. The Morgan fingerprint density at radius 3 is 2.24 bits per heavy atom. The minimum Gasteiger partial charge on any atom is -0.467 e. The molecule has 6 heteroatoms. The number of nitrogens with one attached hydrogen (secondary N) is 1. The fourth-order valence-corrected chi connectivity index (χ4v) is 1.71. The smallest absolute Gasteiger partial charge is 0.408 e. The van der Waals surface area contributed by atoms with E-state index in [9.17, 15) is 14.0 Å². The molecule has 0 heterocycles. The number of hydrogen-bond donors (Lipinski definition) is 1. The molecular weight excluding hydrogens is 229 g/mol. The van der Waals surface area contributed by atoms with Gasteiger partial charge in [-0.05, 0) is 20.8 Å². The molecule has 0 unspecified atom stereocenters. The van der Waals surface area contributed by atoms with Crippen molar-refractivity contribution in [2.75, 3.05) is 7.11 Å². The maximum absolute atomic E-state index is 12.9. The number of ether oxygens (including phenoxy) is 2. The van der Waals surface area contributed by atoms with Crippen LogP contribution < -0.4 is 5.32 Å². The van der Waals surface area contributed by atoms with Crippen molar-refractivity contribution < 1.29 is 23.5 Å². The zero-order chi connectivity index (χ0) is 13.3. The van der Waals surface area contributed by atoms with E-state index in [4.69, 9.17) is 4.74 Å². The summed E-state index contributed by atoms with van der Waals surface area (Å²) in [6.07, 6.45) is -1.98. The van der Waals surface area contributed by atoms with Crippen molar-refractivity contribution in [3.63, 3.8) is 0 Å². The number of hydrogen-bond acceptors (Lipinski definition) is 4. The van der Waals surface area contributed by atoms with Gasteiger partial charge in [0.1, 0.15) is 17.3 Å². The van der Waals surface area contributed by atoms with Crippen LogP contribution in [-0.4, -0.2) is 36.5 Å². The quantitative estimate of drug-likeness (QED) is 0.752. The second-order valence-corrected chi connectivity index (χ2v) is 5.21. The highest BCUT2D eigenvalue weighted by Gasteiger charge is 2.53. The van der Waals surface area contributed by atoms with E-state index in [1.807, 2.05) is 0 Å². The van der Waals surface area contributed by atoms with E-state index in [0.29, 0.717) is 0 Å². The molecular formula is C11H18FNO4. The van der Waals surface area contributed by atoms with E-state index in [1.165, 1.54) is 7.11 Å². The maximum atomic E-state index is 12.9. The second kappa shape index (κ2) is 4.50. The molecule has 1 amide bonds. The van der Waals surface area contributed by atoms with Gasteiger partial charge >= 0.3 is 12.1 Å². The Kier molecular flexibility index (Phi) is 3.64. The zero-order valence-corrected chi connectivity index (χ0v) is 10.5. The van der Waals surface area contributed by atoms with E-state index >= 15 is 0 Å². The van der Waals surface area contributed by atoms with E-state index in [-0.39, 0.29) is 12.8 Å². The summed E-state index contributed by atoms with van der Waals surface area (Å²) in [4.78, 5) is 23.0. The van der Waals surface area contributed by atoms with Crippen LogP contribution in [0.1, 0.15) is 33.6 Å². The predicted octanol–water partition coefficient (Wildman–Crippen LogP) is 1.55. The Morgan fingerprint density at radius 2 is 1.88 bits per heavy atom. The normalized spacial score (nSPS) is 27.9. The largest absolute Gasteiger partial charge is 0.467 e. The molecule has 1 rings (SSSR count). The van der Waals surface area contributed by atoms with Gasteiger partial charge in [-0.25, -0.2) is 14.0 Å². The van der Waals surface area contributed by atoms with Gasteiger partial charge in [0.05, 0.1) is 7.11 Å². The van der Waals surface area contributed by atoms with Crippen molar-refractivity contribution in [1.82, 2.24) is 5.32 Å². The molecule has 0 spiro atoms. The Labute approximate surface area is 99.6 Å². The molecule has 0 aromatic rings. The molecule has 0 radical (unpaired) electrons. The van der Waals surface area contributed by atoms with Gasteiger partial charge in [-0.3, -0.25) is 0 Å². The number of carbonyl (C=O) groups excluding carboxylic acids is 2. The summed E-state index contributed by atoms with van der Waals surface area (Å²) in [6, 6.07) is 0. The van der Waals surface area contributed by atoms with E-state index in [1.54, 1.807) is 20.8 Å². The molecule has 0 aromatic carbocycles. The number of alkyl carbamates (subject to hydrolysis) is 1. The topological polar surface area (TPSA) is 64.6 Å². The van der Waals surface area contributed by atoms with Crippen molar-refractivity contribution in [3.8, 4) is 0 Å². The molecule has 0 aromatic heterocycles. The Balaban J connectivity index is 2.63. The van der Waals surface area contributed by atoms with Gasteiger partial charge in [0.25, 0.3) is 0 Å². The lowest BCUT2D eigenvalue weighted by atomic mass is 9.75. The number of rotatable bonds is 2. The first-order valence-electron chi connectivity index (χ1n) is 5.42. The highest BCUT2D eigenvalue weighted by atomic mass is 19.1. The van der Waals surface area contributed by atoms with Crippen molar-refractivity contribution in [2.24, 2.45) is 0 Å². The lowest BCUT2D eigenvalue weighted by Crippen LogP contribution is -2.64. The summed E-state index contributed by atoms with van der Waals surface area (Å²) in [5.41, 5.74) is -1.93. The van der Waals surface area contributed by atoms with Crippen molar-refractivity contribution >= 4 is 12.1 Å². The minimum atomic E-state index is -1.27. The summed E-state index contributed by atoms with van der Waals surface area (Å²) in [5, 5.41) is 2.39. The van der Waals surface area contributed by atoms with Gasteiger partial charge in [0.15, 0.2) is 0 Å². The standard InChI is InChI=1S/C11H18FNO4/c1-10(2,3)17-9(15)13-11(8(14)16-4)5-7(12)6-11/h7H,5-6H2,1-4H3,(H,13,15). The van der Waals surface area contributed by atoms with Gasteiger partial charge in [0, 0.05) is 12.8 Å². The summed E-state index contributed by atoms with van der Waals surface area (Å²) >= 11 is 0. The van der Waals surface area contributed by atoms with Crippen LogP contribution in [0.4, 0.5) is 9.18 Å². The lowest BCUT2D eigenvalue weighted by molar-refractivity contribution is -0.155. The molecule has 1 aliphatic carbocycles. The van der Waals surface area contributed by atoms with Crippen molar-refractivity contribution in [2.45, 2.75) is 50.9 Å². The van der Waals surface area contributed by atoms with Crippen LogP contribution in [0, 0.1) is 0 Å². The number of esters is 1. The maximum Gasteiger partial charge on any atom is 0.408 e. The monoisotopic (exact) mass is 247 g/mol. The van der Waals surface area contributed by atoms with Crippen molar-refractivity contribution in [1.29, 1.82) is 0 Å². The number of alkyl halides is 1. The molecule has 98 valence electrons. The van der Waals surface area contributed by atoms with Crippen LogP contribution in [0.2, 0.25) is 0 Å². The van der Waals surface area contributed by atoms with Gasteiger partial charge in [-0.2, -0.15) is 0 Å². The highest BCUT2D eigenvalue weighted by molar-refractivity contribution is 5.87. The molecule has 1 N–H and O–H groups in total. The number of halogens is 1. The van der Waals surface area contributed by atoms with E-state index < -0.39 is 29.4 Å². The molecule has 0 bridgehead atoms. The fraction of sp³-hybridized carbons (Fsp3) is 0.818. The van der Waals surface area contributed by atoms with Crippen LogP contribution in [0.5, 0.6) is 0 Å². The third kappa shape index (κ3) is 3.31. The van der Waals surface area contributed by atoms with Crippen LogP contribution in [-0.2, 0) is 14.3 Å². The number of amides is 1. The van der Waals surface area contributed by atoms with E-state index in [0.717, 1.165) is 0 Å². The molecule has 0 atom stereocenters. The van der Waals surface area contributed by atoms with Gasteiger partial charge in [-0.1, -0.05) is 0 Å². The SMILES string of the molecule is COC(=O)C1(NC(=O)OC(C)(C)C)CC(F)C1. The van der Waals surface area contributed by atoms with Gasteiger partial charge in [-0.15, -0.1) is 0 Å². The Bertz CT molecular complexity index is 318. The third-order valence-corrected chi connectivity index (χ3v) is 2.46. The lowest BCUT2D eigenvalue weighted by Gasteiger charge is -2.41. The van der Waals surface area contributed by atoms with Crippen LogP contribution in [0.15, 0.2) is 0 Å². The zero-order valence-electron chi connectivity index (χ0n) is 10.5. The Morgan fingerprint density at radius 1 is 1.35 bits per heavy atom. The number of carbonyl (C=O) groups is 2.